The zero-order valence-corrected chi connectivity index (χ0v) is 20.6. The molecule has 170 valence electrons. The highest BCUT2D eigenvalue weighted by Crippen LogP contribution is 2.45. The van der Waals surface area contributed by atoms with Crippen LogP contribution in [0.1, 0.15) is 26.5 Å². The fraction of sp³-hybridized carbons (Fsp3) is 0.118. The number of rotatable bonds is 0. The molecule has 0 spiro atoms. The molecule has 9 rings (SSSR count). The van der Waals surface area contributed by atoms with Crippen molar-refractivity contribution in [1.29, 1.82) is 0 Å². The molecule has 0 N–H and O–H groups in total. The molecule has 4 heterocycles. The summed E-state index contributed by atoms with van der Waals surface area (Å²) >= 11 is 0. The van der Waals surface area contributed by atoms with Gasteiger partial charge < -0.3 is 8.80 Å². The molecule has 5 aromatic carbocycles. The maximum absolute atomic E-state index is 2.55. The Balaban J connectivity index is 1.60. The summed E-state index contributed by atoms with van der Waals surface area (Å²) in [4.78, 5) is 0. The van der Waals surface area contributed by atoms with E-state index in [2.05, 4.69) is 121 Å². The molecule has 0 amide bonds. The molecule has 0 bridgehead atoms. The van der Waals surface area contributed by atoms with E-state index in [-0.39, 0.29) is 5.41 Å². The molecule has 0 saturated heterocycles. The Bertz CT molecular complexity index is 2340. The van der Waals surface area contributed by atoms with Crippen molar-refractivity contribution in [3.8, 4) is 0 Å². The van der Waals surface area contributed by atoms with E-state index >= 15 is 0 Å². The van der Waals surface area contributed by atoms with Gasteiger partial charge in [-0.05, 0) is 41.1 Å². The molecule has 9 aromatic rings. The Kier molecular flexibility index (Phi) is 3.11. The Morgan fingerprint density at radius 3 is 1.83 bits per heavy atom. The number of hydrogen-bond donors (Lipinski definition) is 0. The van der Waals surface area contributed by atoms with E-state index in [1.54, 1.807) is 0 Å². The minimum Gasteiger partial charge on any atom is -0.312 e. The number of fused-ring (bicyclic) bond motifs is 11. The second kappa shape index (κ2) is 5.91. The number of hydrogen-bond acceptors (Lipinski definition) is 0. The zero-order valence-electron chi connectivity index (χ0n) is 20.6. The van der Waals surface area contributed by atoms with Gasteiger partial charge in [-0.1, -0.05) is 81.4 Å². The van der Waals surface area contributed by atoms with Crippen molar-refractivity contribution in [1.82, 2.24) is 8.80 Å². The Morgan fingerprint density at radius 2 is 1.03 bits per heavy atom. The van der Waals surface area contributed by atoms with Crippen molar-refractivity contribution < 1.29 is 0 Å². The Hall–Kier alpha value is -4.30. The van der Waals surface area contributed by atoms with Crippen LogP contribution >= 0.6 is 0 Å². The number of aromatic nitrogens is 2. The molecule has 0 aliphatic rings. The number of benzene rings is 5. The third kappa shape index (κ3) is 2.03. The van der Waals surface area contributed by atoms with E-state index < -0.39 is 0 Å². The molecular formula is C34H24N2. The van der Waals surface area contributed by atoms with Crippen LogP contribution in [0.3, 0.4) is 0 Å². The topological polar surface area (TPSA) is 8.82 Å². The first-order chi connectivity index (χ1) is 17.5. The van der Waals surface area contributed by atoms with Gasteiger partial charge in [0.15, 0.2) is 0 Å². The van der Waals surface area contributed by atoms with Gasteiger partial charge in [0.05, 0.1) is 27.6 Å². The van der Waals surface area contributed by atoms with Crippen LogP contribution in [-0.2, 0) is 5.41 Å². The zero-order chi connectivity index (χ0) is 23.9. The van der Waals surface area contributed by atoms with E-state index in [4.69, 9.17) is 0 Å². The van der Waals surface area contributed by atoms with E-state index in [1.165, 1.54) is 81.8 Å². The van der Waals surface area contributed by atoms with E-state index in [9.17, 15) is 0 Å². The second-order valence-corrected chi connectivity index (χ2v) is 11.5. The fourth-order valence-electron chi connectivity index (χ4n) is 6.95. The molecular weight excluding hydrogens is 436 g/mol. The molecule has 36 heavy (non-hydrogen) atoms. The lowest BCUT2D eigenvalue weighted by Crippen LogP contribution is -2.13. The third-order valence-corrected chi connectivity index (χ3v) is 8.45. The molecule has 0 aliphatic heterocycles. The van der Waals surface area contributed by atoms with Crippen LogP contribution in [0.15, 0.2) is 91.0 Å². The quantitative estimate of drug-likeness (QED) is 0.213. The molecule has 0 atom stereocenters. The average molecular weight is 461 g/mol. The standard InChI is InChI=1S/C34H24N2/c1-34(2,3)31-18-27-20-10-5-4-9-19(20)15-26-25-17-29-24(16-30(25)36(31)33(26)27)23-13-8-12-22-21-11-6-7-14-28(21)35(29)32(22)23/h4-18H,1-3H3. The maximum Gasteiger partial charge on any atom is 0.0620 e. The van der Waals surface area contributed by atoms with Crippen molar-refractivity contribution in [3.05, 3.63) is 96.7 Å². The van der Waals surface area contributed by atoms with Crippen LogP contribution in [0.4, 0.5) is 0 Å². The molecule has 0 radical (unpaired) electrons. The highest BCUT2D eigenvalue weighted by Gasteiger charge is 2.26. The van der Waals surface area contributed by atoms with Gasteiger partial charge in [0, 0.05) is 48.8 Å². The summed E-state index contributed by atoms with van der Waals surface area (Å²) in [6.45, 7) is 6.99. The predicted molar refractivity (Wildman–Crippen MR) is 154 cm³/mol. The number of para-hydroxylation sites is 2. The summed E-state index contributed by atoms with van der Waals surface area (Å²) < 4.78 is 5.05. The van der Waals surface area contributed by atoms with Gasteiger partial charge in [-0.15, -0.1) is 0 Å². The van der Waals surface area contributed by atoms with Crippen LogP contribution < -0.4 is 0 Å². The first-order valence-electron chi connectivity index (χ1n) is 12.8. The first kappa shape index (κ1) is 19.0. The van der Waals surface area contributed by atoms with Crippen molar-refractivity contribution in [3.63, 3.8) is 0 Å². The van der Waals surface area contributed by atoms with Gasteiger partial charge in [-0.25, -0.2) is 0 Å². The lowest BCUT2D eigenvalue weighted by molar-refractivity contribution is 0.567. The molecule has 0 fully saturated rings. The fourth-order valence-corrected chi connectivity index (χ4v) is 6.95. The first-order valence-corrected chi connectivity index (χ1v) is 12.8. The van der Waals surface area contributed by atoms with Gasteiger partial charge in [-0.2, -0.15) is 0 Å². The van der Waals surface area contributed by atoms with Crippen molar-refractivity contribution >= 4 is 76.1 Å². The number of nitrogens with zero attached hydrogens (tertiary/aromatic N) is 2. The summed E-state index contributed by atoms with van der Waals surface area (Å²) in [7, 11) is 0. The van der Waals surface area contributed by atoms with Crippen LogP contribution in [0.5, 0.6) is 0 Å². The molecule has 2 heteroatoms. The summed E-state index contributed by atoms with van der Waals surface area (Å²) in [6, 6.07) is 34.2. The smallest absolute Gasteiger partial charge is 0.0620 e. The highest BCUT2D eigenvalue weighted by molar-refractivity contribution is 6.28. The van der Waals surface area contributed by atoms with Crippen molar-refractivity contribution in [2.24, 2.45) is 0 Å². The third-order valence-electron chi connectivity index (χ3n) is 8.45. The minimum atomic E-state index is 0.0273. The maximum atomic E-state index is 2.55. The normalized spacial score (nSPS) is 13.4. The van der Waals surface area contributed by atoms with Crippen LogP contribution in [0.25, 0.3) is 76.1 Å². The van der Waals surface area contributed by atoms with E-state index in [1.807, 2.05) is 0 Å². The molecule has 0 aliphatic carbocycles. The van der Waals surface area contributed by atoms with Crippen molar-refractivity contribution in [2.45, 2.75) is 26.2 Å². The monoisotopic (exact) mass is 460 g/mol. The SMILES string of the molecule is CC(C)(C)c1cc2c3ccccc3cc3c4cc5c(cc4n1c23)c1cccc2c3ccccc3n5c21. The van der Waals surface area contributed by atoms with Crippen LogP contribution in [0.2, 0.25) is 0 Å². The summed E-state index contributed by atoms with van der Waals surface area (Å²) in [5, 5.41) is 12.0. The van der Waals surface area contributed by atoms with E-state index in [0.29, 0.717) is 0 Å². The van der Waals surface area contributed by atoms with Crippen molar-refractivity contribution in [2.75, 3.05) is 0 Å². The Labute approximate surface area is 207 Å². The van der Waals surface area contributed by atoms with Crippen LogP contribution in [0, 0.1) is 0 Å². The highest BCUT2D eigenvalue weighted by atomic mass is 14.9. The summed E-state index contributed by atoms with van der Waals surface area (Å²) in [6.07, 6.45) is 0. The largest absolute Gasteiger partial charge is 0.312 e. The summed E-state index contributed by atoms with van der Waals surface area (Å²) in [5.74, 6) is 0. The lowest BCUT2D eigenvalue weighted by Gasteiger charge is -2.18. The second-order valence-electron chi connectivity index (χ2n) is 11.5. The summed E-state index contributed by atoms with van der Waals surface area (Å²) in [5.41, 5.74) is 7.99. The molecule has 0 saturated carbocycles. The van der Waals surface area contributed by atoms with Gasteiger partial charge in [0.1, 0.15) is 0 Å². The van der Waals surface area contributed by atoms with Gasteiger partial charge in [-0.3, -0.25) is 0 Å². The van der Waals surface area contributed by atoms with Crippen LogP contribution in [-0.4, -0.2) is 8.80 Å². The average Bonchev–Trinajstić information content (AvgIpc) is 3.61. The van der Waals surface area contributed by atoms with E-state index in [0.717, 1.165) is 0 Å². The molecule has 0 unspecified atom stereocenters. The van der Waals surface area contributed by atoms with Gasteiger partial charge in [0.25, 0.3) is 0 Å². The van der Waals surface area contributed by atoms with Gasteiger partial charge >= 0.3 is 0 Å². The minimum absolute atomic E-state index is 0.0273. The Morgan fingerprint density at radius 1 is 0.444 bits per heavy atom. The lowest BCUT2D eigenvalue weighted by atomic mass is 9.91. The predicted octanol–water partition coefficient (Wildman–Crippen LogP) is 9.28. The van der Waals surface area contributed by atoms with Gasteiger partial charge in [0.2, 0.25) is 0 Å². The molecule has 2 nitrogen and oxygen atoms in total. The molecule has 4 aromatic heterocycles.